The molecule has 0 rings (SSSR count). The van der Waals surface area contributed by atoms with Gasteiger partial charge in [0, 0.05) is 58.4 Å². The molecule has 0 spiro atoms. The molecule has 0 aromatic carbocycles. The Labute approximate surface area is 393 Å². The predicted octanol–water partition coefficient (Wildman–Crippen LogP) is 0.502. The van der Waals surface area contributed by atoms with Gasteiger partial charge in [-0.1, -0.05) is 77.0 Å². The summed E-state index contributed by atoms with van der Waals surface area (Å²) in [7, 11) is 0. The van der Waals surface area contributed by atoms with Crippen LogP contribution in [0.4, 0.5) is 0 Å². The molecular weight excluding hydrogens is 883 g/mol. The summed E-state index contributed by atoms with van der Waals surface area (Å²) < 4.78 is 21.2. The van der Waals surface area contributed by atoms with Crippen molar-refractivity contribution in [1.29, 1.82) is 0 Å². The molecule has 0 bridgehead atoms. The van der Waals surface area contributed by atoms with Crippen molar-refractivity contribution in [2.75, 3.05) is 85.6 Å². The van der Waals surface area contributed by atoms with E-state index in [2.05, 4.69) is 31.9 Å². The Kier molecular flexibility index (Phi) is 40.4. The van der Waals surface area contributed by atoms with Crippen LogP contribution in [0.3, 0.4) is 0 Å². The SMILES string of the molecule is NC(CC(=O)O)C(=O)NCCC(=O)NCCNC(=O)COCCOCCNC(=O)COCCOCCNC(=O)CC[C@H](NC(=O)CCCCCCCCCCCCCCCCC(=O)O)C(=O)O. The topological polar surface area (TPSA) is 349 Å². The third kappa shape index (κ3) is 43.4. The number of carboxylic acids is 3. The lowest BCUT2D eigenvalue weighted by Crippen LogP contribution is -2.43. The second-order valence-corrected chi connectivity index (χ2v) is 15.8. The smallest absolute Gasteiger partial charge is 0.326 e. The fourth-order valence-electron chi connectivity index (χ4n) is 6.17. The average molecular weight is 962 g/mol. The molecule has 0 saturated carbocycles. The lowest BCUT2D eigenvalue weighted by molar-refractivity contribution is -0.142. The maximum Gasteiger partial charge on any atom is 0.326 e. The summed E-state index contributed by atoms with van der Waals surface area (Å²) in [5.74, 6) is -5.66. The van der Waals surface area contributed by atoms with Crippen molar-refractivity contribution in [3.63, 3.8) is 0 Å². The molecule has 0 aliphatic carbocycles. The number of carbonyl (C=O) groups is 9. The molecule has 6 amide bonds. The summed E-state index contributed by atoms with van der Waals surface area (Å²) in [5.41, 5.74) is 5.42. The molecule has 0 heterocycles. The number of hydrogen-bond acceptors (Lipinski definition) is 14. The average Bonchev–Trinajstić information content (AvgIpc) is 3.27. The van der Waals surface area contributed by atoms with E-state index in [4.69, 9.17) is 34.9 Å². The highest BCUT2D eigenvalue weighted by Crippen LogP contribution is 2.14. The van der Waals surface area contributed by atoms with E-state index in [1.165, 1.54) is 38.5 Å². The van der Waals surface area contributed by atoms with Crippen molar-refractivity contribution < 1.29 is 77.4 Å². The van der Waals surface area contributed by atoms with Gasteiger partial charge in [-0.25, -0.2) is 4.79 Å². The van der Waals surface area contributed by atoms with Gasteiger partial charge in [0.05, 0.1) is 52.1 Å². The van der Waals surface area contributed by atoms with Gasteiger partial charge in [0.1, 0.15) is 19.3 Å². The van der Waals surface area contributed by atoms with E-state index in [9.17, 15) is 48.3 Å². The Bertz CT molecular complexity index is 1420. The summed E-state index contributed by atoms with van der Waals surface area (Å²) >= 11 is 0. The fourth-order valence-corrected chi connectivity index (χ4v) is 6.17. The van der Waals surface area contributed by atoms with Gasteiger partial charge in [0.2, 0.25) is 35.4 Å². The molecule has 0 radical (unpaired) electrons. The molecule has 0 aromatic heterocycles. The third-order valence-electron chi connectivity index (χ3n) is 9.84. The van der Waals surface area contributed by atoms with Crippen molar-refractivity contribution in [2.45, 2.75) is 141 Å². The zero-order valence-electron chi connectivity index (χ0n) is 39.2. The van der Waals surface area contributed by atoms with Crippen molar-refractivity contribution in [1.82, 2.24) is 31.9 Å². The normalized spacial score (nSPS) is 11.8. The third-order valence-corrected chi connectivity index (χ3v) is 9.84. The van der Waals surface area contributed by atoms with E-state index in [-0.39, 0.29) is 141 Å². The van der Waals surface area contributed by atoms with Gasteiger partial charge in [-0.2, -0.15) is 0 Å². The molecule has 0 saturated heterocycles. The summed E-state index contributed by atoms with van der Waals surface area (Å²) in [6, 6.07) is -2.36. The number of amides is 6. The van der Waals surface area contributed by atoms with Crippen molar-refractivity contribution in [3.05, 3.63) is 0 Å². The van der Waals surface area contributed by atoms with E-state index in [0.717, 1.165) is 44.9 Å². The van der Waals surface area contributed by atoms with Crippen molar-refractivity contribution in [3.8, 4) is 0 Å². The van der Waals surface area contributed by atoms with Crippen molar-refractivity contribution >= 4 is 53.4 Å². The lowest BCUT2D eigenvalue weighted by atomic mass is 10.0. The Balaban J connectivity index is 3.67. The van der Waals surface area contributed by atoms with Crippen LogP contribution in [0.2, 0.25) is 0 Å². The second-order valence-electron chi connectivity index (χ2n) is 15.8. The lowest BCUT2D eigenvalue weighted by Gasteiger charge is -2.14. The first kappa shape index (κ1) is 62.0. The number of carbonyl (C=O) groups excluding carboxylic acids is 6. The molecule has 23 nitrogen and oxygen atoms in total. The maximum atomic E-state index is 12.3. The first-order valence-electron chi connectivity index (χ1n) is 23.6. The Morgan fingerprint density at radius 2 is 0.821 bits per heavy atom. The van der Waals surface area contributed by atoms with Gasteiger partial charge in [-0.3, -0.25) is 38.4 Å². The molecular formula is C44H79N7O16. The largest absolute Gasteiger partial charge is 0.481 e. The van der Waals surface area contributed by atoms with Crippen molar-refractivity contribution in [2.24, 2.45) is 5.73 Å². The molecule has 23 heteroatoms. The molecule has 11 N–H and O–H groups in total. The molecule has 2 atom stereocenters. The van der Waals surface area contributed by atoms with Crippen LogP contribution in [0.5, 0.6) is 0 Å². The summed E-state index contributed by atoms with van der Waals surface area (Å²) in [6.45, 7) is 1.25. The van der Waals surface area contributed by atoms with E-state index in [1.807, 2.05) is 0 Å². The maximum absolute atomic E-state index is 12.3. The number of unbranched alkanes of at least 4 members (excludes halogenated alkanes) is 13. The van der Waals surface area contributed by atoms with Crippen LogP contribution >= 0.6 is 0 Å². The molecule has 0 fully saturated rings. The number of ether oxygens (including phenoxy) is 4. The highest BCUT2D eigenvalue weighted by Gasteiger charge is 2.21. The Hall–Kier alpha value is -4.97. The van der Waals surface area contributed by atoms with Gasteiger partial charge >= 0.3 is 17.9 Å². The monoisotopic (exact) mass is 962 g/mol. The molecule has 0 aliphatic heterocycles. The molecule has 386 valence electrons. The van der Waals surface area contributed by atoms with E-state index in [0.29, 0.717) is 6.42 Å². The number of aliphatic carboxylic acids is 3. The molecule has 0 aromatic rings. The highest BCUT2D eigenvalue weighted by molar-refractivity contribution is 5.86. The van der Waals surface area contributed by atoms with Gasteiger partial charge in [0.15, 0.2) is 0 Å². The van der Waals surface area contributed by atoms with Crippen LogP contribution < -0.4 is 37.6 Å². The van der Waals surface area contributed by atoms with E-state index in [1.54, 1.807) is 0 Å². The first-order chi connectivity index (χ1) is 32.2. The van der Waals surface area contributed by atoms with Crippen LogP contribution in [-0.4, -0.2) is 166 Å². The number of nitrogens with one attached hydrogen (secondary N) is 6. The van der Waals surface area contributed by atoms with Crippen LogP contribution in [-0.2, 0) is 62.1 Å². The number of hydrogen-bond donors (Lipinski definition) is 10. The summed E-state index contributed by atoms with van der Waals surface area (Å²) in [6.07, 6.45) is 14.7. The minimum atomic E-state index is -1.21. The molecule has 1 unspecified atom stereocenters. The minimum Gasteiger partial charge on any atom is -0.481 e. The fraction of sp³-hybridized carbons (Fsp3) is 0.795. The zero-order valence-corrected chi connectivity index (χ0v) is 39.2. The summed E-state index contributed by atoms with van der Waals surface area (Å²) in [5, 5.41) is 42.1. The van der Waals surface area contributed by atoms with E-state index >= 15 is 0 Å². The molecule has 0 aliphatic rings. The van der Waals surface area contributed by atoms with E-state index < -0.39 is 48.2 Å². The van der Waals surface area contributed by atoms with Crippen LogP contribution in [0.1, 0.15) is 128 Å². The van der Waals surface area contributed by atoms with Gasteiger partial charge in [-0.15, -0.1) is 0 Å². The number of carboxylic acid groups (broad SMARTS) is 3. The quantitative estimate of drug-likeness (QED) is 0.0371. The zero-order chi connectivity index (χ0) is 49.8. The Morgan fingerprint density at radius 3 is 1.30 bits per heavy atom. The van der Waals surface area contributed by atoms with Gasteiger partial charge in [0.25, 0.3) is 0 Å². The number of nitrogens with two attached hydrogens (primary N) is 1. The van der Waals surface area contributed by atoms with Gasteiger partial charge in [-0.05, 0) is 19.3 Å². The Morgan fingerprint density at radius 1 is 0.403 bits per heavy atom. The number of rotatable bonds is 47. The van der Waals surface area contributed by atoms with Crippen LogP contribution in [0.25, 0.3) is 0 Å². The van der Waals surface area contributed by atoms with Crippen LogP contribution in [0, 0.1) is 0 Å². The van der Waals surface area contributed by atoms with Crippen LogP contribution in [0.15, 0.2) is 0 Å². The minimum absolute atomic E-state index is 0.0199. The molecule has 67 heavy (non-hydrogen) atoms. The van der Waals surface area contributed by atoms with Gasteiger partial charge < -0.3 is 71.9 Å². The summed E-state index contributed by atoms with van der Waals surface area (Å²) in [4.78, 5) is 105. The first-order valence-corrected chi connectivity index (χ1v) is 23.6. The standard InChI is InChI=1S/C44H79N7O16/c45-34(31-42(59)60)43(61)50-20-19-37(53)46-21-22-47-39(55)32-66-29-28-65-26-24-49-40(56)33-67-30-27-64-25-23-48-36(52)18-17-35(44(62)63)51-38(54)15-13-11-9-7-5-3-1-2-4-6-8-10-12-14-16-41(57)58/h34-35H,1-33,45H2,(H,46,53)(H,47,55)(H,48,52)(H,49,56)(H,50,61)(H,51,54)(H,57,58)(H,59,60)(H,62,63)/t34?,35-/m0/s1. The second kappa shape index (κ2) is 43.6. The highest BCUT2D eigenvalue weighted by atomic mass is 16.5. The predicted molar refractivity (Wildman–Crippen MR) is 243 cm³/mol.